The Morgan fingerprint density at radius 2 is 1.92 bits per heavy atom. The van der Waals surface area contributed by atoms with Crippen LogP contribution in [0.1, 0.15) is 34.1 Å². The Kier molecular flexibility index (Phi) is 4.24. The number of carbonyl (C=O) groups is 1. The van der Waals surface area contributed by atoms with E-state index in [4.69, 9.17) is 9.72 Å². The molecule has 0 atom stereocenters. The van der Waals surface area contributed by atoms with Crippen molar-refractivity contribution in [1.82, 2.24) is 4.98 Å². The average Bonchev–Trinajstić information content (AvgIpc) is 3.39. The summed E-state index contributed by atoms with van der Waals surface area (Å²) in [5.74, 6) is 1.15. The molecule has 1 N–H and O–H groups in total. The van der Waals surface area contributed by atoms with Crippen molar-refractivity contribution < 1.29 is 9.53 Å². The van der Waals surface area contributed by atoms with Gasteiger partial charge in [-0.3, -0.25) is 4.79 Å². The molecule has 1 aliphatic carbocycles. The topological polar surface area (TPSA) is 51.2 Å². The summed E-state index contributed by atoms with van der Waals surface area (Å²) in [6.45, 7) is 0. The van der Waals surface area contributed by atoms with E-state index in [-0.39, 0.29) is 5.91 Å². The summed E-state index contributed by atoms with van der Waals surface area (Å²) in [7, 11) is 1.59. The monoisotopic (exact) mass is 350 g/mol. The predicted octanol–water partition coefficient (Wildman–Crippen LogP) is 4.95. The molecule has 0 radical (unpaired) electrons. The molecule has 0 spiro atoms. The van der Waals surface area contributed by atoms with Crippen molar-refractivity contribution in [3.63, 3.8) is 0 Å². The second-order valence-electron chi connectivity index (χ2n) is 6.08. The van der Waals surface area contributed by atoms with E-state index in [0.29, 0.717) is 22.9 Å². The zero-order chi connectivity index (χ0) is 17.2. The van der Waals surface area contributed by atoms with E-state index < -0.39 is 0 Å². The number of carbonyl (C=O) groups excluding carboxylic acids is 1. The third-order valence-electron chi connectivity index (χ3n) is 4.25. The van der Waals surface area contributed by atoms with Crippen molar-refractivity contribution in [3.8, 4) is 17.0 Å². The molecule has 0 aliphatic heterocycles. The summed E-state index contributed by atoms with van der Waals surface area (Å²) in [4.78, 5) is 17.2. The Morgan fingerprint density at radius 3 is 2.64 bits per heavy atom. The molecule has 126 valence electrons. The van der Waals surface area contributed by atoms with Crippen LogP contribution in [0.4, 0.5) is 5.69 Å². The van der Waals surface area contributed by atoms with Crippen molar-refractivity contribution in [2.45, 2.75) is 18.8 Å². The molecule has 1 heterocycles. The van der Waals surface area contributed by atoms with Crippen LogP contribution < -0.4 is 10.1 Å². The molecular weight excluding hydrogens is 332 g/mol. The van der Waals surface area contributed by atoms with E-state index in [9.17, 15) is 4.79 Å². The molecule has 1 amide bonds. The molecule has 3 aromatic rings. The van der Waals surface area contributed by atoms with Gasteiger partial charge in [-0.1, -0.05) is 24.3 Å². The summed E-state index contributed by atoms with van der Waals surface area (Å²) >= 11 is 1.73. The van der Waals surface area contributed by atoms with Gasteiger partial charge in [-0.2, -0.15) is 0 Å². The fourth-order valence-corrected chi connectivity index (χ4v) is 3.67. The first kappa shape index (κ1) is 15.8. The molecule has 0 bridgehead atoms. The van der Waals surface area contributed by atoms with Crippen LogP contribution in [0.2, 0.25) is 0 Å². The van der Waals surface area contributed by atoms with Gasteiger partial charge in [-0.15, -0.1) is 11.3 Å². The molecule has 2 aromatic carbocycles. The lowest BCUT2D eigenvalue weighted by Crippen LogP contribution is -2.12. The number of para-hydroxylation sites is 2. The number of amides is 1. The number of hydrogen-bond acceptors (Lipinski definition) is 4. The third kappa shape index (κ3) is 3.42. The Hall–Kier alpha value is -2.66. The fourth-order valence-electron chi connectivity index (χ4n) is 2.67. The van der Waals surface area contributed by atoms with Gasteiger partial charge in [-0.05, 0) is 37.1 Å². The highest BCUT2D eigenvalue weighted by molar-refractivity contribution is 7.10. The van der Waals surface area contributed by atoms with E-state index >= 15 is 0 Å². The third-order valence-corrected chi connectivity index (χ3v) is 5.25. The van der Waals surface area contributed by atoms with E-state index in [2.05, 4.69) is 10.7 Å². The standard InChI is InChI=1S/C20H18N2O2S/c1-24-18-5-3-2-4-16(18)21-19(23)14-8-6-13(7-9-14)17-12-25-20(22-17)15-10-11-15/h2-9,12,15H,10-11H2,1H3,(H,21,23). The van der Waals surface area contributed by atoms with Gasteiger partial charge < -0.3 is 10.1 Å². The van der Waals surface area contributed by atoms with Crippen molar-refractivity contribution in [3.05, 3.63) is 64.5 Å². The maximum absolute atomic E-state index is 12.5. The van der Waals surface area contributed by atoms with Crippen LogP contribution in [0.3, 0.4) is 0 Å². The summed E-state index contributed by atoms with van der Waals surface area (Å²) < 4.78 is 5.26. The summed E-state index contributed by atoms with van der Waals surface area (Å²) in [5.41, 5.74) is 3.29. The molecule has 5 heteroatoms. The molecule has 0 saturated heterocycles. The molecule has 4 rings (SSSR count). The van der Waals surface area contributed by atoms with Crippen molar-refractivity contribution >= 4 is 22.9 Å². The van der Waals surface area contributed by atoms with Crippen LogP contribution in [-0.4, -0.2) is 18.0 Å². The van der Waals surface area contributed by atoms with Gasteiger partial charge in [0.15, 0.2) is 0 Å². The van der Waals surface area contributed by atoms with Gasteiger partial charge in [0.05, 0.1) is 23.5 Å². The first-order chi connectivity index (χ1) is 12.2. The number of aromatic nitrogens is 1. The highest BCUT2D eigenvalue weighted by atomic mass is 32.1. The number of benzene rings is 2. The molecule has 25 heavy (non-hydrogen) atoms. The largest absolute Gasteiger partial charge is 0.495 e. The van der Waals surface area contributed by atoms with Gasteiger partial charge in [0.2, 0.25) is 0 Å². The van der Waals surface area contributed by atoms with Gasteiger partial charge in [-0.25, -0.2) is 4.98 Å². The maximum Gasteiger partial charge on any atom is 0.255 e. The van der Waals surface area contributed by atoms with Crippen molar-refractivity contribution in [2.75, 3.05) is 12.4 Å². The minimum Gasteiger partial charge on any atom is -0.495 e. The van der Waals surface area contributed by atoms with Crippen molar-refractivity contribution in [2.24, 2.45) is 0 Å². The van der Waals surface area contributed by atoms with Crippen LogP contribution >= 0.6 is 11.3 Å². The van der Waals surface area contributed by atoms with E-state index in [1.165, 1.54) is 17.8 Å². The van der Waals surface area contributed by atoms with Gasteiger partial charge in [0, 0.05) is 22.4 Å². The number of hydrogen-bond donors (Lipinski definition) is 1. The van der Waals surface area contributed by atoms with Crippen molar-refractivity contribution in [1.29, 1.82) is 0 Å². The molecular formula is C20H18N2O2S. The van der Waals surface area contributed by atoms with E-state index in [1.807, 2.05) is 48.5 Å². The lowest BCUT2D eigenvalue weighted by molar-refractivity contribution is 0.102. The minimum atomic E-state index is -0.159. The molecule has 1 saturated carbocycles. The van der Waals surface area contributed by atoms with Crippen LogP contribution in [0, 0.1) is 0 Å². The van der Waals surface area contributed by atoms with Crippen LogP contribution in [0.15, 0.2) is 53.9 Å². The summed E-state index contributed by atoms with van der Waals surface area (Å²) in [5, 5.41) is 6.21. The molecule has 1 aromatic heterocycles. The van der Waals surface area contributed by atoms with Crippen LogP contribution in [0.25, 0.3) is 11.3 Å². The van der Waals surface area contributed by atoms with Crippen LogP contribution in [0.5, 0.6) is 5.75 Å². The highest BCUT2D eigenvalue weighted by Gasteiger charge is 2.26. The molecule has 1 aliphatic rings. The van der Waals surface area contributed by atoms with Crippen LogP contribution in [-0.2, 0) is 0 Å². The number of nitrogens with zero attached hydrogens (tertiary/aromatic N) is 1. The highest BCUT2D eigenvalue weighted by Crippen LogP contribution is 2.42. The molecule has 4 nitrogen and oxygen atoms in total. The smallest absolute Gasteiger partial charge is 0.255 e. The summed E-state index contributed by atoms with van der Waals surface area (Å²) in [6, 6.07) is 14.9. The number of thiazole rings is 1. The number of nitrogens with one attached hydrogen (secondary N) is 1. The fraction of sp³-hybridized carbons (Fsp3) is 0.200. The number of ether oxygens (including phenoxy) is 1. The molecule has 1 fully saturated rings. The number of rotatable bonds is 5. The quantitative estimate of drug-likeness (QED) is 0.708. The minimum absolute atomic E-state index is 0.159. The SMILES string of the molecule is COc1ccccc1NC(=O)c1ccc(-c2csc(C3CC3)n2)cc1. The lowest BCUT2D eigenvalue weighted by Gasteiger charge is -2.10. The number of anilines is 1. The second-order valence-corrected chi connectivity index (χ2v) is 6.97. The maximum atomic E-state index is 12.5. The first-order valence-corrected chi connectivity index (χ1v) is 9.13. The van der Waals surface area contributed by atoms with Gasteiger partial charge in [0.25, 0.3) is 5.91 Å². The Morgan fingerprint density at radius 1 is 1.16 bits per heavy atom. The van der Waals surface area contributed by atoms with Gasteiger partial charge >= 0.3 is 0 Å². The summed E-state index contributed by atoms with van der Waals surface area (Å²) in [6.07, 6.45) is 2.52. The van der Waals surface area contributed by atoms with Gasteiger partial charge in [0.1, 0.15) is 5.75 Å². The zero-order valence-electron chi connectivity index (χ0n) is 13.9. The van der Waals surface area contributed by atoms with E-state index in [1.54, 1.807) is 18.4 Å². The average molecular weight is 350 g/mol. The Balaban J connectivity index is 1.50. The Bertz CT molecular complexity index is 898. The first-order valence-electron chi connectivity index (χ1n) is 8.25. The molecule has 0 unspecified atom stereocenters. The normalized spacial score (nSPS) is 13.5. The lowest BCUT2D eigenvalue weighted by atomic mass is 10.1. The zero-order valence-corrected chi connectivity index (χ0v) is 14.7. The van der Waals surface area contributed by atoms with E-state index in [0.717, 1.165) is 11.3 Å². The number of methoxy groups -OCH3 is 1. The second kappa shape index (κ2) is 6.69. The Labute approximate surface area is 150 Å². The predicted molar refractivity (Wildman–Crippen MR) is 100 cm³/mol.